The molecule has 9 heteroatoms. The lowest BCUT2D eigenvalue weighted by Gasteiger charge is -2.26. The largest absolute Gasteiger partial charge is 0.422 e. The fourth-order valence-corrected chi connectivity index (χ4v) is 4.48. The summed E-state index contributed by atoms with van der Waals surface area (Å²) in [5.74, 6) is 0.432. The zero-order valence-electron chi connectivity index (χ0n) is 16.8. The normalized spacial score (nSPS) is 22.8. The summed E-state index contributed by atoms with van der Waals surface area (Å²) in [5.41, 5.74) is 10.2. The maximum atomic E-state index is 9.96. The molecule has 156 valence electrons. The summed E-state index contributed by atoms with van der Waals surface area (Å²) in [6, 6.07) is 10.5. The van der Waals surface area contributed by atoms with Crippen molar-refractivity contribution in [2.24, 2.45) is 5.73 Å². The van der Waals surface area contributed by atoms with E-state index in [2.05, 4.69) is 16.2 Å². The average molecular weight is 415 g/mol. The Morgan fingerprint density at radius 2 is 2.00 bits per heavy atom. The number of nitriles is 1. The van der Waals surface area contributed by atoms with E-state index in [1.807, 2.05) is 28.9 Å². The number of ether oxygens (including phenoxy) is 2. The summed E-state index contributed by atoms with van der Waals surface area (Å²) in [6.45, 7) is 0.719. The van der Waals surface area contributed by atoms with E-state index in [1.54, 1.807) is 11.0 Å². The van der Waals surface area contributed by atoms with Crippen LogP contribution < -0.4 is 10.5 Å². The molecule has 6 rings (SSSR count). The molecule has 1 aromatic carbocycles. The quantitative estimate of drug-likeness (QED) is 0.696. The predicted molar refractivity (Wildman–Crippen MR) is 109 cm³/mol. The average Bonchev–Trinajstić information content (AvgIpc) is 3.20. The van der Waals surface area contributed by atoms with Gasteiger partial charge in [-0.15, -0.1) is 0 Å². The number of rotatable bonds is 4. The van der Waals surface area contributed by atoms with Gasteiger partial charge in [-0.3, -0.25) is 0 Å². The second-order valence-electron chi connectivity index (χ2n) is 8.14. The van der Waals surface area contributed by atoms with Crippen LogP contribution >= 0.6 is 0 Å². The van der Waals surface area contributed by atoms with Gasteiger partial charge in [0.25, 0.3) is 0 Å². The molecule has 0 spiro atoms. The summed E-state index contributed by atoms with van der Waals surface area (Å²) in [5, 5.41) is 19.1. The first kappa shape index (κ1) is 18.2. The van der Waals surface area contributed by atoms with E-state index >= 15 is 0 Å². The van der Waals surface area contributed by atoms with E-state index in [0.29, 0.717) is 17.5 Å². The number of benzene rings is 1. The molecular weight excluding hydrogens is 394 g/mol. The van der Waals surface area contributed by atoms with Crippen molar-refractivity contribution in [1.29, 1.82) is 5.26 Å². The van der Waals surface area contributed by atoms with Gasteiger partial charge in [-0.2, -0.15) is 15.5 Å². The van der Waals surface area contributed by atoms with Gasteiger partial charge in [0.2, 0.25) is 11.8 Å². The van der Waals surface area contributed by atoms with E-state index in [4.69, 9.17) is 20.3 Å². The zero-order valence-corrected chi connectivity index (χ0v) is 16.8. The molecule has 9 nitrogen and oxygen atoms in total. The zero-order chi connectivity index (χ0) is 20.9. The maximum absolute atomic E-state index is 9.96. The Hall–Kier alpha value is -3.64. The van der Waals surface area contributed by atoms with Crippen molar-refractivity contribution < 1.29 is 9.47 Å². The molecule has 0 amide bonds. The summed E-state index contributed by atoms with van der Waals surface area (Å²) >= 11 is 0. The minimum absolute atomic E-state index is 0.0893. The molecule has 1 saturated carbocycles. The van der Waals surface area contributed by atoms with Crippen molar-refractivity contribution in [2.45, 2.75) is 43.7 Å². The molecule has 1 aliphatic carbocycles. The molecule has 1 saturated heterocycles. The standard InChI is InChI=1S/C22H21N7O2/c23-10-16-18(13-3-5-14(6-4-13)28-12-25-11-26-28)19-20(17-2-1-9-30-17)27-29(15-7-8-15)22(19)31-21(16)24/h3-6,11-12,15,17-18H,1-2,7-9,24H2. The number of allylic oxidation sites excluding steroid dienone is 1. The van der Waals surface area contributed by atoms with E-state index < -0.39 is 0 Å². The SMILES string of the molecule is N#CC1=C(N)Oc2c(c(C3CCCO3)nn2C2CC2)C1c1ccc(-n2cncn2)cc1. The molecule has 4 heterocycles. The van der Waals surface area contributed by atoms with Gasteiger partial charge < -0.3 is 15.2 Å². The molecule has 0 bridgehead atoms. The summed E-state index contributed by atoms with van der Waals surface area (Å²) in [7, 11) is 0. The molecule has 2 unspecified atom stereocenters. The van der Waals surface area contributed by atoms with Crippen molar-refractivity contribution >= 4 is 0 Å². The molecule has 2 fully saturated rings. The molecule has 3 aromatic rings. The highest BCUT2D eigenvalue weighted by Gasteiger charge is 2.42. The molecule has 3 aliphatic rings. The first-order chi connectivity index (χ1) is 15.2. The molecule has 0 radical (unpaired) electrons. The van der Waals surface area contributed by atoms with Crippen LogP contribution in [0.25, 0.3) is 5.69 Å². The van der Waals surface area contributed by atoms with Gasteiger partial charge in [0, 0.05) is 6.61 Å². The molecule has 31 heavy (non-hydrogen) atoms. The van der Waals surface area contributed by atoms with Gasteiger partial charge in [-0.05, 0) is 43.4 Å². The van der Waals surface area contributed by atoms with Gasteiger partial charge in [0.15, 0.2) is 0 Å². The highest BCUT2D eigenvalue weighted by atomic mass is 16.5. The van der Waals surface area contributed by atoms with Crippen LogP contribution in [-0.4, -0.2) is 31.2 Å². The van der Waals surface area contributed by atoms with E-state index in [0.717, 1.165) is 54.8 Å². The van der Waals surface area contributed by atoms with E-state index in [-0.39, 0.29) is 17.9 Å². The van der Waals surface area contributed by atoms with Crippen LogP contribution in [0.15, 0.2) is 48.4 Å². The van der Waals surface area contributed by atoms with Crippen LogP contribution in [-0.2, 0) is 4.74 Å². The number of hydrogen-bond acceptors (Lipinski definition) is 7. The summed E-state index contributed by atoms with van der Waals surface area (Å²) in [6.07, 6.45) is 7.09. The van der Waals surface area contributed by atoms with Crippen LogP contribution in [0.2, 0.25) is 0 Å². The molecular formula is C22H21N7O2. The van der Waals surface area contributed by atoms with Crippen LogP contribution in [0.1, 0.15) is 60.6 Å². The Bertz CT molecular complexity index is 1190. The Kier molecular flexibility index (Phi) is 4.07. The maximum Gasteiger partial charge on any atom is 0.224 e. The van der Waals surface area contributed by atoms with Gasteiger partial charge >= 0.3 is 0 Å². The topological polar surface area (TPSA) is 117 Å². The van der Waals surface area contributed by atoms with Crippen molar-refractivity contribution in [2.75, 3.05) is 6.61 Å². The van der Waals surface area contributed by atoms with E-state index in [1.165, 1.54) is 6.33 Å². The van der Waals surface area contributed by atoms with Crippen LogP contribution in [0.5, 0.6) is 5.88 Å². The fourth-order valence-electron chi connectivity index (χ4n) is 4.48. The first-order valence-electron chi connectivity index (χ1n) is 10.5. The Morgan fingerprint density at radius 3 is 2.65 bits per heavy atom. The lowest BCUT2D eigenvalue weighted by Crippen LogP contribution is -2.22. The van der Waals surface area contributed by atoms with Gasteiger partial charge in [0.1, 0.15) is 30.4 Å². The van der Waals surface area contributed by atoms with E-state index in [9.17, 15) is 5.26 Å². The summed E-state index contributed by atoms with van der Waals surface area (Å²) in [4.78, 5) is 4.00. The highest BCUT2D eigenvalue weighted by molar-refractivity contribution is 5.57. The molecule has 2 N–H and O–H groups in total. The van der Waals surface area contributed by atoms with Crippen molar-refractivity contribution in [3.63, 3.8) is 0 Å². The van der Waals surface area contributed by atoms with Crippen LogP contribution in [0.4, 0.5) is 0 Å². The molecule has 2 aliphatic heterocycles. The first-order valence-corrected chi connectivity index (χ1v) is 10.5. The number of nitrogens with two attached hydrogens (primary N) is 1. The smallest absolute Gasteiger partial charge is 0.224 e. The minimum Gasteiger partial charge on any atom is -0.422 e. The van der Waals surface area contributed by atoms with Crippen LogP contribution in [0, 0.1) is 11.3 Å². The summed E-state index contributed by atoms with van der Waals surface area (Å²) < 4.78 is 15.6. The van der Waals surface area contributed by atoms with Crippen molar-refractivity contribution in [1.82, 2.24) is 24.5 Å². The lowest BCUT2D eigenvalue weighted by atomic mass is 9.83. The Balaban J connectivity index is 1.50. The number of hydrogen-bond donors (Lipinski definition) is 1. The highest BCUT2D eigenvalue weighted by Crippen LogP contribution is 2.50. The van der Waals surface area contributed by atoms with Gasteiger partial charge in [-0.25, -0.2) is 14.3 Å². The third-order valence-corrected chi connectivity index (χ3v) is 6.14. The van der Waals surface area contributed by atoms with Crippen LogP contribution in [0.3, 0.4) is 0 Å². The van der Waals surface area contributed by atoms with Crippen molar-refractivity contribution in [3.05, 3.63) is 65.2 Å². The Labute approximate surface area is 178 Å². The number of aromatic nitrogens is 5. The fraction of sp³-hybridized carbons (Fsp3) is 0.364. The second kappa shape index (κ2) is 6.96. The van der Waals surface area contributed by atoms with Crippen molar-refractivity contribution in [3.8, 4) is 17.6 Å². The predicted octanol–water partition coefficient (Wildman–Crippen LogP) is 2.87. The second-order valence-corrected chi connectivity index (χ2v) is 8.14. The Morgan fingerprint density at radius 1 is 1.16 bits per heavy atom. The third kappa shape index (κ3) is 2.91. The molecule has 2 aromatic heterocycles. The number of nitrogens with zero attached hydrogens (tertiary/aromatic N) is 6. The minimum atomic E-state index is -0.356. The van der Waals surface area contributed by atoms with Gasteiger partial charge in [-0.1, -0.05) is 12.1 Å². The third-order valence-electron chi connectivity index (χ3n) is 6.14. The molecule has 2 atom stereocenters. The lowest BCUT2D eigenvalue weighted by molar-refractivity contribution is 0.107. The van der Waals surface area contributed by atoms with Gasteiger partial charge in [0.05, 0.1) is 28.9 Å². The number of fused-ring (bicyclic) bond motifs is 1. The monoisotopic (exact) mass is 415 g/mol.